The second kappa shape index (κ2) is 7.96. The summed E-state index contributed by atoms with van der Waals surface area (Å²) in [6.45, 7) is 3.66. The highest BCUT2D eigenvalue weighted by molar-refractivity contribution is 6.35. The van der Waals surface area contributed by atoms with Gasteiger partial charge < -0.3 is 15.2 Å². The smallest absolute Gasteiger partial charge is 0.251 e. The number of hydrogen-bond acceptors (Lipinski definition) is 4. The summed E-state index contributed by atoms with van der Waals surface area (Å²) in [5, 5.41) is 13.4. The maximum atomic E-state index is 12.0. The van der Waals surface area contributed by atoms with Crippen molar-refractivity contribution in [2.24, 2.45) is 0 Å². The van der Waals surface area contributed by atoms with Crippen LogP contribution in [-0.4, -0.2) is 61.4 Å². The number of β-amino-alcohol motifs (C(OH)–C–C–N with tert-alkyl or cyclic N) is 1. The van der Waals surface area contributed by atoms with Crippen LogP contribution in [0.4, 0.5) is 0 Å². The predicted octanol–water partition coefficient (Wildman–Crippen LogP) is 1.42. The fourth-order valence-corrected chi connectivity index (χ4v) is 2.67. The van der Waals surface area contributed by atoms with Crippen molar-refractivity contribution in [3.63, 3.8) is 0 Å². The minimum Gasteiger partial charge on any atom is -0.390 e. The van der Waals surface area contributed by atoms with E-state index in [-0.39, 0.29) is 12.5 Å². The maximum Gasteiger partial charge on any atom is 0.251 e. The topological polar surface area (TPSA) is 61.8 Å². The van der Waals surface area contributed by atoms with Crippen molar-refractivity contribution in [3.8, 4) is 0 Å². The Morgan fingerprint density at radius 1 is 1.29 bits per heavy atom. The summed E-state index contributed by atoms with van der Waals surface area (Å²) in [6, 6.07) is 4.64. The molecule has 1 unspecified atom stereocenters. The molecule has 0 radical (unpaired) electrons. The molecule has 1 amide bonds. The van der Waals surface area contributed by atoms with Crippen molar-refractivity contribution in [1.29, 1.82) is 0 Å². The molecular formula is C14H18Cl2N2O3. The molecule has 1 aliphatic heterocycles. The first-order valence-corrected chi connectivity index (χ1v) is 7.52. The van der Waals surface area contributed by atoms with E-state index in [4.69, 9.17) is 27.9 Å². The number of rotatable bonds is 5. The summed E-state index contributed by atoms with van der Waals surface area (Å²) < 4.78 is 5.24. The molecule has 2 N–H and O–H groups in total. The zero-order chi connectivity index (χ0) is 15.2. The van der Waals surface area contributed by atoms with E-state index in [0.717, 1.165) is 13.1 Å². The largest absolute Gasteiger partial charge is 0.390 e. The number of nitrogens with zero attached hydrogens (tertiary/aromatic N) is 1. The Hall–Kier alpha value is -0.850. The third kappa shape index (κ3) is 5.45. The third-order valence-electron chi connectivity index (χ3n) is 3.20. The molecule has 5 nitrogen and oxygen atoms in total. The summed E-state index contributed by atoms with van der Waals surface area (Å²) in [6.07, 6.45) is -0.623. The Balaban J connectivity index is 1.79. The average molecular weight is 333 g/mol. The van der Waals surface area contributed by atoms with E-state index in [9.17, 15) is 9.90 Å². The number of morpholine rings is 1. The van der Waals surface area contributed by atoms with Gasteiger partial charge in [-0.2, -0.15) is 0 Å². The molecule has 21 heavy (non-hydrogen) atoms. The van der Waals surface area contributed by atoms with Crippen molar-refractivity contribution in [2.45, 2.75) is 6.10 Å². The van der Waals surface area contributed by atoms with E-state index < -0.39 is 6.10 Å². The SMILES string of the molecule is O=C(NCC(O)CN1CCOCC1)c1cc(Cl)cc(Cl)c1. The normalized spacial score (nSPS) is 17.5. The molecule has 1 heterocycles. The van der Waals surface area contributed by atoms with Crippen molar-refractivity contribution >= 4 is 29.1 Å². The number of aliphatic hydroxyl groups is 1. The van der Waals surface area contributed by atoms with Gasteiger partial charge in [-0.3, -0.25) is 9.69 Å². The van der Waals surface area contributed by atoms with Crippen LogP contribution in [0.15, 0.2) is 18.2 Å². The van der Waals surface area contributed by atoms with E-state index in [2.05, 4.69) is 10.2 Å². The van der Waals surface area contributed by atoms with Crippen LogP contribution in [0.2, 0.25) is 10.0 Å². The standard InChI is InChI=1S/C14H18Cl2N2O3/c15-11-5-10(6-12(16)7-11)14(20)17-8-13(19)9-18-1-3-21-4-2-18/h5-7,13,19H,1-4,8-9H2,(H,17,20). The quantitative estimate of drug-likeness (QED) is 0.856. The zero-order valence-corrected chi connectivity index (χ0v) is 13.0. The van der Waals surface area contributed by atoms with Gasteiger partial charge in [0.05, 0.1) is 19.3 Å². The van der Waals surface area contributed by atoms with E-state index in [1.54, 1.807) is 6.07 Å². The number of carbonyl (C=O) groups excluding carboxylic acids is 1. The lowest BCUT2D eigenvalue weighted by molar-refractivity contribution is 0.0149. The summed E-state index contributed by atoms with van der Waals surface area (Å²) in [7, 11) is 0. The van der Waals surface area contributed by atoms with Gasteiger partial charge in [0.1, 0.15) is 0 Å². The first-order valence-electron chi connectivity index (χ1n) is 6.77. The highest BCUT2D eigenvalue weighted by Crippen LogP contribution is 2.18. The lowest BCUT2D eigenvalue weighted by Gasteiger charge is -2.28. The third-order valence-corrected chi connectivity index (χ3v) is 3.63. The molecule has 1 fully saturated rings. The molecule has 0 saturated carbocycles. The van der Waals surface area contributed by atoms with Crippen LogP contribution < -0.4 is 5.32 Å². The fourth-order valence-electron chi connectivity index (χ4n) is 2.14. The van der Waals surface area contributed by atoms with Gasteiger partial charge in [-0.15, -0.1) is 0 Å². The molecule has 0 aliphatic carbocycles. The highest BCUT2D eigenvalue weighted by Gasteiger charge is 2.16. The number of halogens is 2. The Morgan fingerprint density at radius 2 is 1.90 bits per heavy atom. The fraction of sp³-hybridized carbons (Fsp3) is 0.500. The average Bonchev–Trinajstić information content (AvgIpc) is 2.45. The van der Waals surface area contributed by atoms with Gasteiger partial charge in [-0.05, 0) is 18.2 Å². The molecule has 1 saturated heterocycles. The number of ether oxygens (including phenoxy) is 1. The second-order valence-corrected chi connectivity index (χ2v) is 5.81. The molecule has 1 aromatic carbocycles. The van der Waals surface area contributed by atoms with Crippen LogP contribution in [-0.2, 0) is 4.74 Å². The van der Waals surface area contributed by atoms with Gasteiger partial charge >= 0.3 is 0 Å². The molecule has 0 spiro atoms. The summed E-state index contributed by atoms with van der Waals surface area (Å²) in [4.78, 5) is 14.1. The molecule has 116 valence electrons. The Kier molecular flexibility index (Phi) is 6.26. The van der Waals surface area contributed by atoms with Gasteiger partial charge in [0.2, 0.25) is 0 Å². The number of amides is 1. The van der Waals surface area contributed by atoms with E-state index in [1.807, 2.05) is 0 Å². The molecular weight excluding hydrogens is 315 g/mol. The number of hydrogen-bond donors (Lipinski definition) is 2. The van der Waals surface area contributed by atoms with E-state index >= 15 is 0 Å². The first kappa shape index (κ1) is 16.5. The number of benzene rings is 1. The summed E-state index contributed by atoms with van der Waals surface area (Å²) >= 11 is 11.7. The van der Waals surface area contributed by atoms with Gasteiger partial charge in [0, 0.05) is 41.8 Å². The lowest BCUT2D eigenvalue weighted by Crippen LogP contribution is -2.44. The van der Waals surface area contributed by atoms with Crippen molar-refractivity contribution in [2.75, 3.05) is 39.4 Å². The highest BCUT2D eigenvalue weighted by atomic mass is 35.5. The molecule has 2 rings (SSSR count). The molecule has 1 atom stereocenters. The first-order chi connectivity index (χ1) is 10.0. The monoisotopic (exact) mass is 332 g/mol. The van der Waals surface area contributed by atoms with Gasteiger partial charge in [0.15, 0.2) is 0 Å². The molecule has 1 aromatic rings. The molecule has 0 aromatic heterocycles. The summed E-state index contributed by atoms with van der Waals surface area (Å²) in [5.41, 5.74) is 0.381. The van der Waals surface area contributed by atoms with Gasteiger partial charge in [0.25, 0.3) is 5.91 Å². The molecule has 1 aliphatic rings. The Bertz CT molecular complexity index is 473. The molecule has 0 bridgehead atoms. The summed E-state index contributed by atoms with van der Waals surface area (Å²) in [5.74, 6) is -0.305. The van der Waals surface area contributed by atoms with Crippen LogP contribution in [0.5, 0.6) is 0 Å². The van der Waals surface area contributed by atoms with Crippen LogP contribution in [0.25, 0.3) is 0 Å². The van der Waals surface area contributed by atoms with E-state index in [1.165, 1.54) is 12.1 Å². The van der Waals surface area contributed by atoms with Crippen molar-refractivity contribution in [3.05, 3.63) is 33.8 Å². The van der Waals surface area contributed by atoms with Crippen LogP contribution in [0, 0.1) is 0 Å². The van der Waals surface area contributed by atoms with Gasteiger partial charge in [-0.1, -0.05) is 23.2 Å². The zero-order valence-electron chi connectivity index (χ0n) is 11.5. The lowest BCUT2D eigenvalue weighted by atomic mass is 10.2. The van der Waals surface area contributed by atoms with Crippen LogP contribution in [0.1, 0.15) is 10.4 Å². The van der Waals surface area contributed by atoms with Gasteiger partial charge in [-0.25, -0.2) is 0 Å². The minimum absolute atomic E-state index is 0.181. The maximum absolute atomic E-state index is 12.0. The van der Waals surface area contributed by atoms with Crippen LogP contribution >= 0.6 is 23.2 Å². The minimum atomic E-state index is -0.623. The van der Waals surface area contributed by atoms with E-state index in [0.29, 0.717) is 35.4 Å². The second-order valence-electron chi connectivity index (χ2n) is 4.93. The number of nitrogens with one attached hydrogen (secondary N) is 1. The number of aliphatic hydroxyl groups excluding tert-OH is 1. The Labute approximate surface area is 133 Å². The number of carbonyl (C=O) groups is 1. The van der Waals surface area contributed by atoms with Crippen molar-refractivity contribution in [1.82, 2.24) is 10.2 Å². The predicted molar refractivity (Wildman–Crippen MR) is 82.1 cm³/mol. The Morgan fingerprint density at radius 3 is 2.52 bits per heavy atom. The van der Waals surface area contributed by atoms with Crippen LogP contribution in [0.3, 0.4) is 0 Å². The van der Waals surface area contributed by atoms with Crippen molar-refractivity contribution < 1.29 is 14.6 Å². The molecule has 7 heteroatoms.